The highest BCUT2D eigenvalue weighted by molar-refractivity contribution is 5.99. The molecule has 0 fully saturated rings. The van der Waals surface area contributed by atoms with Gasteiger partial charge in [0, 0.05) is 38.4 Å². The number of imidazole rings is 1. The Morgan fingerprint density at radius 2 is 2.05 bits per heavy atom. The third-order valence-electron chi connectivity index (χ3n) is 3.67. The van der Waals surface area contributed by atoms with Gasteiger partial charge in [0.15, 0.2) is 0 Å². The van der Waals surface area contributed by atoms with Gasteiger partial charge < -0.3 is 9.30 Å². The number of hydrogen-bond donors (Lipinski definition) is 0. The molecule has 3 heterocycles. The van der Waals surface area contributed by atoms with Crippen LogP contribution in [0, 0.1) is 6.92 Å². The number of nitrogens with zero attached hydrogens (tertiary/aromatic N) is 4. The average molecular weight is 294 g/mol. The molecule has 3 aromatic heterocycles. The molecule has 112 valence electrons. The van der Waals surface area contributed by atoms with Crippen LogP contribution in [0.4, 0.5) is 0 Å². The summed E-state index contributed by atoms with van der Waals surface area (Å²) in [6.45, 7) is 2.58. The summed E-state index contributed by atoms with van der Waals surface area (Å²) in [7, 11) is 1.82. The van der Waals surface area contributed by atoms with Gasteiger partial charge >= 0.3 is 0 Å². The van der Waals surface area contributed by atoms with Gasteiger partial charge in [0.25, 0.3) is 5.91 Å². The summed E-state index contributed by atoms with van der Waals surface area (Å²) >= 11 is 0. The zero-order valence-corrected chi connectivity index (χ0v) is 12.7. The molecule has 0 bridgehead atoms. The molecule has 0 saturated heterocycles. The van der Waals surface area contributed by atoms with Crippen LogP contribution in [-0.2, 0) is 6.42 Å². The van der Waals surface area contributed by atoms with Crippen LogP contribution in [0.5, 0.6) is 0 Å². The first-order chi connectivity index (χ1) is 10.6. The van der Waals surface area contributed by atoms with E-state index in [0.29, 0.717) is 17.8 Å². The zero-order chi connectivity index (χ0) is 15.5. The second-order valence-corrected chi connectivity index (χ2v) is 5.37. The first kappa shape index (κ1) is 14.3. The van der Waals surface area contributed by atoms with E-state index >= 15 is 0 Å². The Bertz CT molecular complexity index is 795. The fourth-order valence-electron chi connectivity index (χ4n) is 2.46. The summed E-state index contributed by atoms with van der Waals surface area (Å²) in [5.41, 5.74) is 3.41. The minimum absolute atomic E-state index is 0.00902. The van der Waals surface area contributed by atoms with Crippen molar-refractivity contribution in [3.8, 4) is 0 Å². The van der Waals surface area contributed by atoms with Crippen molar-refractivity contribution in [1.29, 1.82) is 0 Å². The van der Waals surface area contributed by atoms with Crippen LogP contribution in [0.2, 0.25) is 0 Å². The zero-order valence-electron chi connectivity index (χ0n) is 12.7. The van der Waals surface area contributed by atoms with Crippen molar-refractivity contribution in [1.82, 2.24) is 19.3 Å². The van der Waals surface area contributed by atoms with Crippen molar-refractivity contribution >= 4 is 11.6 Å². The number of pyridine rings is 2. The van der Waals surface area contributed by atoms with Gasteiger partial charge in [-0.15, -0.1) is 0 Å². The highest BCUT2D eigenvalue weighted by Gasteiger charge is 2.16. The van der Waals surface area contributed by atoms with E-state index in [4.69, 9.17) is 0 Å². The lowest BCUT2D eigenvalue weighted by Gasteiger charge is -2.17. The molecule has 22 heavy (non-hydrogen) atoms. The Morgan fingerprint density at radius 1 is 1.27 bits per heavy atom. The molecule has 5 nitrogen and oxygen atoms in total. The van der Waals surface area contributed by atoms with E-state index in [1.54, 1.807) is 17.3 Å². The summed E-state index contributed by atoms with van der Waals surface area (Å²) in [5, 5.41) is 0. The van der Waals surface area contributed by atoms with Crippen LogP contribution in [-0.4, -0.2) is 38.8 Å². The summed E-state index contributed by atoms with van der Waals surface area (Å²) in [5.74, 6) is -0.00902. The minimum Gasteiger partial charge on any atom is -0.341 e. The van der Waals surface area contributed by atoms with E-state index in [0.717, 1.165) is 12.1 Å². The fourth-order valence-corrected chi connectivity index (χ4v) is 2.46. The van der Waals surface area contributed by atoms with Crippen LogP contribution in [0.1, 0.15) is 21.6 Å². The van der Waals surface area contributed by atoms with Crippen molar-refractivity contribution < 1.29 is 4.79 Å². The van der Waals surface area contributed by atoms with Crippen molar-refractivity contribution in [2.75, 3.05) is 13.6 Å². The highest BCUT2D eigenvalue weighted by atomic mass is 16.2. The summed E-state index contributed by atoms with van der Waals surface area (Å²) in [6, 6.07) is 7.64. The van der Waals surface area contributed by atoms with Gasteiger partial charge in [-0.1, -0.05) is 0 Å². The molecule has 0 unspecified atom stereocenters. The number of likely N-dealkylation sites (N-methyl/N-ethyl adjacent to an activating group) is 1. The molecule has 5 heteroatoms. The molecule has 0 aliphatic heterocycles. The summed E-state index contributed by atoms with van der Waals surface area (Å²) in [4.78, 5) is 22.8. The predicted molar refractivity (Wildman–Crippen MR) is 84.8 cm³/mol. The van der Waals surface area contributed by atoms with Gasteiger partial charge in [-0.2, -0.15) is 0 Å². The molecule has 3 rings (SSSR count). The van der Waals surface area contributed by atoms with Gasteiger partial charge in [-0.3, -0.25) is 9.78 Å². The van der Waals surface area contributed by atoms with E-state index < -0.39 is 0 Å². The Labute approximate surface area is 129 Å². The first-order valence-electron chi connectivity index (χ1n) is 7.24. The van der Waals surface area contributed by atoms with Gasteiger partial charge in [0.05, 0.1) is 11.3 Å². The summed E-state index contributed by atoms with van der Waals surface area (Å²) < 4.78 is 1.89. The van der Waals surface area contributed by atoms with Crippen molar-refractivity contribution in [2.24, 2.45) is 0 Å². The molecule has 0 aliphatic rings. The monoisotopic (exact) mass is 294 g/mol. The first-order valence-corrected chi connectivity index (χ1v) is 7.24. The van der Waals surface area contributed by atoms with Gasteiger partial charge in [-0.25, -0.2) is 4.98 Å². The number of aryl methyl sites for hydroxylation is 1. The number of carbonyl (C=O) groups is 1. The lowest BCUT2D eigenvalue weighted by molar-refractivity contribution is 0.0798. The number of fused-ring (bicyclic) bond motifs is 1. The third-order valence-corrected chi connectivity index (χ3v) is 3.67. The molecular weight excluding hydrogens is 276 g/mol. The Balaban J connectivity index is 1.77. The van der Waals surface area contributed by atoms with E-state index in [1.165, 1.54) is 5.56 Å². The molecule has 0 N–H and O–H groups in total. The maximum Gasteiger partial charge on any atom is 0.257 e. The molecular formula is C17H18N4O. The summed E-state index contributed by atoms with van der Waals surface area (Å²) in [6.07, 6.45) is 8.17. The van der Waals surface area contributed by atoms with Gasteiger partial charge in [0.1, 0.15) is 5.65 Å². The van der Waals surface area contributed by atoms with E-state index in [-0.39, 0.29) is 5.91 Å². The molecule has 1 amide bonds. The molecule has 0 saturated carbocycles. The molecule has 0 spiro atoms. The molecule has 0 aliphatic carbocycles. The van der Waals surface area contributed by atoms with Crippen molar-refractivity contribution in [3.63, 3.8) is 0 Å². The van der Waals surface area contributed by atoms with E-state index in [9.17, 15) is 4.79 Å². The topological polar surface area (TPSA) is 50.5 Å². The standard InChI is InChI=1S/C17H18N4O/c1-13-12-21-10-3-4-15(16(21)19-13)17(22)20(2)11-7-14-5-8-18-9-6-14/h3-6,8-10,12H,7,11H2,1-2H3. The number of aromatic nitrogens is 3. The Hall–Kier alpha value is -2.69. The Kier molecular flexibility index (Phi) is 3.87. The highest BCUT2D eigenvalue weighted by Crippen LogP contribution is 2.13. The molecule has 0 radical (unpaired) electrons. The average Bonchev–Trinajstić information content (AvgIpc) is 2.93. The van der Waals surface area contributed by atoms with Gasteiger partial charge in [0.2, 0.25) is 0 Å². The van der Waals surface area contributed by atoms with Crippen molar-refractivity contribution in [2.45, 2.75) is 13.3 Å². The SMILES string of the molecule is Cc1cn2cccc(C(=O)N(C)CCc3ccncc3)c2n1. The second kappa shape index (κ2) is 5.97. The largest absolute Gasteiger partial charge is 0.341 e. The maximum absolute atomic E-state index is 12.6. The van der Waals surface area contributed by atoms with Crippen LogP contribution < -0.4 is 0 Å². The normalized spacial score (nSPS) is 10.8. The minimum atomic E-state index is -0.00902. The van der Waals surface area contributed by atoms with Crippen LogP contribution >= 0.6 is 0 Å². The molecule has 0 atom stereocenters. The second-order valence-electron chi connectivity index (χ2n) is 5.37. The van der Waals surface area contributed by atoms with E-state index in [2.05, 4.69) is 9.97 Å². The van der Waals surface area contributed by atoms with Crippen LogP contribution in [0.3, 0.4) is 0 Å². The number of hydrogen-bond acceptors (Lipinski definition) is 3. The Morgan fingerprint density at radius 3 is 2.82 bits per heavy atom. The van der Waals surface area contributed by atoms with Crippen LogP contribution in [0.25, 0.3) is 5.65 Å². The fraction of sp³-hybridized carbons (Fsp3) is 0.235. The third kappa shape index (κ3) is 2.83. The van der Waals surface area contributed by atoms with Crippen molar-refractivity contribution in [3.05, 3.63) is 65.9 Å². The molecule has 3 aromatic rings. The lowest BCUT2D eigenvalue weighted by Crippen LogP contribution is -2.29. The maximum atomic E-state index is 12.6. The lowest BCUT2D eigenvalue weighted by atomic mass is 10.2. The quantitative estimate of drug-likeness (QED) is 0.742. The predicted octanol–water partition coefficient (Wildman–Crippen LogP) is 2.35. The van der Waals surface area contributed by atoms with E-state index in [1.807, 2.05) is 55.0 Å². The number of carbonyl (C=O) groups excluding carboxylic acids is 1. The number of amides is 1. The van der Waals surface area contributed by atoms with Gasteiger partial charge in [-0.05, 0) is 43.2 Å². The number of rotatable bonds is 4. The molecule has 0 aromatic carbocycles. The smallest absolute Gasteiger partial charge is 0.257 e. The van der Waals surface area contributed by atoms with Crippen LogP contribution in [0.15, 0.2) is 49.1 Å².